The van der Waals surface area contributed by atoms with Crippen LogP contribution in [0.2, 0.25) is 0 Å². The first-order valence-corrected chi connectivity index (χ1v) is 5.65. The summed E-state index contributed by atoms with van der Waals surface area (Å²) >= 11 is 0. The molecule has 1 saturated heterocycles. The summed E-state index contributed by atoms with van der Waals surface area (Å²) in [5.41, 5.74) is 2.56. The maximum Gasteiger partial charge on any atom is 0.418 e. The number of carbonyl (C=O) groups is 3. The molecule has 7 nitrogen and oxygen atoms in total. The van der Waals surface area contributed by atoms with Crippen molar-refractivity contribution in [1.82, 2.24) is 10.3 Å². The number of cyclic esters (lactones) is 1. The number of hydrogen-bond donors (Lipinski definition) is 2. The molecule has 3 amide bonds. The lowest BCUT2D eigenvalue weighted by Crippen LogP contribution is -2.44. The molecule has 1 aliphatic heterocycles. The molecule has 0 saturated carbocycles. The Morgan fingerprint density at radius 3 is 2.58 bits per heavy atom. The van der Waals surface area contributed by atoms with Gasteiger partial charge in [0.2, 0.25) is 0 Å². The summed E-state index contributed by atoms with van der Waals surface area (Å²) in [6, 6.07) is 8.45. The van der Waals surface area contributed by atoms with Crippen molar-refractivity contribution in [3.8, 4) is 0 Å². The van der Waals surface area contributed by atoms with Gasteiger partial charge in [-0.2, -0.15) is 0 Å². The predicted molar refractivity (Wildman–Crippen MR) is 64.3 cm³/mol. The number of hydrogen-bond acceptors (Lipinski definition) is 5. The molecule has 0 spiro atoms. The van der Waals surface area contributed by atoms with Crippen molar-refractivity contribution in [2.45, 2.75) is 19.1 Å². The molecule has 3 N–H and O–H groups in total. The fraction of sp³-hybridized carbons (Fsp3) is 0.250. The summed E-state index contributed by atoms with van der Waals surface area (Å²) in [5, 5.41) is 0. The zero-order chi connectivity index (χ0) is 14.0. The van der Waals surface area contributed by atoms with Crippen LogP contribution in [-0.2, 0) is 14.3 Å². The Labute approximate surface area is 109 Å². The number of carbonyl (C=O) groups excluding carboxylic acids is 3. The first-order valence-electron chi connectivity index (χ1n) is 5.65. The van der Waals surface area contributed by atoms with E-state index in [1.54, 1.807) is 36.6 Å². The molecule has 2 atom stereocenters. The van der Waals surface area contributed by atoms with Gasteiger partial charge in [0, 0.05) is 0 Å². The number of nitrogens with zero attached hydrogens (tertiary/aromatic N) is 1. The van der Waals surface area contributed by atoms with Gasteiger partial charge in [-0.25, -0.2) is 15.5 Å². The standard InChI is InChI=1S/C12H13N3O4/c1-7(8-5-3-2-4-6-8)15-11(17)9(10(16)14-13)19-12(15)18/h2-7,9H,13H2,1H3,(H,14,16). The average molecular weight is 263 g/mol. The number of nitrogens with one attached hydrogen (secondary N) is 1. The predicted octanol–water partition coefficient (Wildman–Crippen LogP) is 0.0849. The lowest BCUT2D eigenvalue weighted by atomic mass is 10.1. The Bertz CT molecular complexity index is 517. The highest BCUT2D eigenvalue weighted by Gasteiger charge is 2.47. The summed E-state index contributed by atoms with van der Waals surface area (Å²) in [6.45, 7) is 1.68. The second-order valence-electron chi connectivity index (χ2n) is 4.07. The number of benzene rings is 1. The number of rotatable bonds is 3. The van der Waals surface area contributed by atoms with Gasteiger partial charge in [0.1, 0.15) is 0 Å². The van der Waals surface area contributed by atoms with Gasteiger partial charge in [0.05, 0.1) is 6.04 Å². The minimum absolute atomic E-state index is 0.517. The molecule has 7 heteroatoms. The van der Waals surface area contributed by atoms with Crippen molar-refractivity contribution in [3.05, 3.63) is 35.9 Å². The highest BCUT2D eigenvalue weighted by molar-refractivity contribution is 6.12. The van der Waals surface area contributed by atoms with Crippen LogP contribution in [0.5, 0.6) is 0 Å². The molecule has 2 unspecified atom stereocenters. The minimum atomic E-state index is -1.51. The molecule has 1 fully saturated rings. The molecule has 0 aromatic heterocycles. The van der Waals surface area contributed by atoms with Crippen molar-refractivity contribution in [2.24, 2.45) is 5.84 Å². The number of imide groups is 1. The molecule has 2 rings (SSSR count). The molecule has 1 aromatic carbocycles. The zero-order valence-electron chi connectivity index (χ0n) is 10.2. The Hall–Kier alpha value is -2.41. The Morgan fingerprint density at radius 1 is 1.37 bits per heavy atom. The smallest absolute Gasteiger partial charge is 0.418 e. The fourth-order valence-corrected chi connectivity index (χ4v) is 1.90. The van der Waals surface area contributed by atoms with Crippen LogP contribution in [0.15, 0.2) is 30.3 Å². The highest BCUT2D eigenvalue weighted by atomic mass is 16.6. The van der Waals surface area contributed by atoms with Gasteiger partial charge in [0.15, 0.2) is 0 Å². The van der Waals surface area contributed by atoms with Gasteiger partial charge in [0.25, 0.3) is 17.9 Å². The second-order valence-corrected chi connectivity index (χ2v) is 4.07. The number of nitrogens with two attached hydrogens (primary N) is 1. The molecule has 100 valence electrons. The topological polar surface area (TPSA) is 102 Å². The van der Waals surface area contributed by atoms with Crippen LogP contribution in [-0.4, -0.2) is 28.9 Å². The van der Waals surface area contributed by atoms with E-state index in [9.17, 15) is 14.4 Å². The lowest BCUT2D eigenvalue weighted by Gasteiger charge is -2.20. The Balaban J connectivity index is 2.24. The van der Waals surface area contributed by atoms with Crippen molar-refractivity contribution < 1.29 is 19.1 Å². The second kappa shape index (κ2) is 5.07. The van der Waals surface area contributed by atoms with Crippen molar-refractivity contribution >= 4 is 17.9 Å². The first-order chi connectivity index (χ1) is 9.06. The Kier molecular flexibility index (Phi) is 3.48. The van der Waals surface area contributed by atoms with Crippen LogP contribution >= 0.6 is 0 Å². The van der Waals surface area contributed by atoms with Gasteiger partial charge in [-0.05, 0) is 12.5 Å². The molecule has 0 radical (unpaired) electrons. The van der Waals surface area contributed by atoms with E-state index < -0.39 is 30.1 Å². The fourth-order valence-electron chi connectivity index (χ4n) is 1.90. The van der Waals surface area contributed by atoms with Crippen LogP contribution in [0.25, 0.3) is 0 Å². The van der Waals surface area contributed by atoms with Crippen molar-refractivity contribution in [2.75, 3.05) is 0 Å². The summed E-state index contributed by atoms with van der Waals surface area (Å²) in [6.07, 6.45) is -2.36. The van der Waals surface area contributed by atoms with Gasteiger partial charge < -0.3 is 4.74 Å². The zero-order valence-corrected chi connectivity index (χ0v) is 10.2. The van der Waals surface area contributed by atoms with Crippen LogP contribution in [0.3, 0.4) is 0 Å². The lowest BCUT2D eigenvalue weighted by molar-refractivity contribution is -0.139. The molecule has 19 heavy (non-hydrogen) atoms. The summed E-state index contributed by atoms with van der Waals surface area (Å²) in [5.74, 6) is 3.37. The van der Waals surface area contributed by atoms with Crippen molar-refractivity contribution in [3.63, 3.8) is 0 Å². The summed E-state index contributed by atoms with van der Waals surface area (Å²) in [7, 11) is 0. The maximum absolute atomic E-state index is 12.0. The van der Waals surface area contributed by atoms with Gasteiger partial charge in [-0.1, -0.05) is 30.3 Å². The van der Waals surface area contributed by atoms with E-state index in [1.165, 1.54) is 0 Å². The normalized spacial score (nSPS) is 20.1. The van der Waals surface area contributed by atoms with Crippen LogP contribution in [0.4, 0.5) is 4.79 Å². The largest absolute Gasteiger partial charge is 0.425 e. The molecule has 1 aromatic rings. The van der Waals surface area contributed by atoms with Crippen molar-refractivity contribution in [1.29, 1.82) is 0 Å². The van der Waals surface area contributed by atoms with Gasteiger partial charge >= 0.3 is 6.09 Å². The van der Waals surface area contributed by atoms with Gasteiger partial charge in [-0.15, -0.1) is 0 Å². The quantitative estimate of drug-likeness (QED) is 0.348. The van der Waals surface area contributed by atoms with E-state index in [0.29, 0.717) is 0 Å². The molecule has 1 heterocycles. The molecular weight excluding hydrogens is 250 g/mol. The molecule has 0 bridgehead atoms. The van der Waals surface area contributed by atoms with Crippen LogP contribution in [0.1, 0.15) is 18.5 Å². The van der Waals surface area contributed by atoms with Gasteiger partial charge in [-0.3, -0.25) is 15.0 Å². The van der Waals surface area contributed by atoms with E-state index in [2.05, 4.69) is 0 Å². The highest BCUT2D eigenvalue weighted by Crippen LogP contribution is 2.26. The maximum atomic E-state index is 12.0. The van der Waals surface area contributed by atoms with Crippen LogP contribution < -0.4 is 11.3 Å². The van der Waals surface area contributed by atoms with E-state index in [-0.39, 0.29) is 0 Å². The van der Waals surface area contributed by atoms with E-state index in [1.807, 2.05) is 6.07 Å². The third kappa shape index (κ3) is 2.27. The first kappa shape index (κ1) is 13.0. The van der Waals surface area contributed by atoms with Crippen LogP contribution in [0, 0.1) is 0 Å². The molecule has 1 aliphatic rings. The molecular formula is C12H13N3O4. The monoisotopic (exact) mass is 263 g/mol. The Morgan fingerprint density at radius 2 is 2.00 bits per heavy atom. The van der Waals surface area contributed by atoms with E-state index >= 15 is 0 Å². The summed E-state index contributed by atoms with van der Waals surface area (Å²) < 4.78 is 4.73. The third-order valence-corrected chi connectivity index (χ3v) is 2.93. The average Bonchev–Trinajstić information content (AvgIpc) is 2.73. The minimum Gasteiger partial charge on any atom is -0.425 e. The number of amides is 3. The summed E-state index contributed by atoms with van der Waals surface area (Å²) in [4.78, 5) is 35.9. The third-order valence-electron chi connectivity index (χ3n) is 2.93. The SMILES string of the molecule is CC(c1ccccc1)N1C(=O)OC(C(=O)NN)C1=O. The number of hydrazine groups is 1. The number of ether oxygens (including phenoxy) is 1. The van der Waals surface area contributed by atoms with E-state index in [0.717, 1.165) is 10.5 Å². The molecule has 0 aliphatic carbocycles. The van der Waals surface area contributed by atoms with E-state index in [4.69, 9.17) is 10.6 Å².